The molecule has 1 atom stereocenters. The van der Waals surface area contributed by atoms with Gasteiger partial charge in [-0.25, -0.2) is 9.59 Å². The second-order valence-corrected chi connectivity index (χ2v) is 7.15. The highest BCUT2D eigenvalue weighted by Crippen LogP contribution is 2.28. The van der Waals surface area contributed by atoms with Crippen molar-refractivity contribution in [3.05, 3.63) is 68.7 Å². The highest BCUT2D eigenvalue weighted by atomic mass is 16.6. The summed E-state index contributed by atoms with van der Waals surface area (Å²) in [7, 11) is 0. The van der Waals surface area contributed by atoms with E-state index in [0.717, 1.165) is 0 Å². The summed E-state index contributed by atoms with van der Waals surface area (Å²) in [4.78, 5) is 47.9. The number of carbonyl (C=O) groups excluding carboxylic acids is 3. The largest absolute Gasteiger partial charge is 0.463 e. The van der Waals surface area contributed by atoms with Crippen molar-refractivity contribution in [3.63, 3.8) is 0 Å². The fourth-order valence-corrected chi connectivity index (χ4v) is 3.50. The van der Waals surface area contributed by atoms with Crippen LogP contribution in [0.15, 0.2) is 41.6 Å². The van der Waals surface area contributed by atoms with Crippen molar-refractivity contribution in [2.24, 2.45) is 0 Å². The van der Waals surface area contributed by atoms with E-state index in [1.54, 1.807) is 37.3 Å². The molecule has 0 radical (unpaired) electrons. The van der Waals surface area contributed by atoms with E-state index in [0.29, 0.717) is 5.56 Å². The highest BCUT2D eigenvalue weighted by molar-refractivity contribution is 5.95. The van der Waals surface area contributed by atoms with E-state index in [1.807, 2.05) is 0 Å². The molecule has 12 heteroatoms. The Bertz CT molecular complexity index is 1120. The number of aryl methyl sites for hydroxylation is 1. The fourth-order valence-electron chi connectivity index (χ4n) is 3.50. The lowest BCUT2D eigenvalue weighted by Crippen LogP contribution is -2.47. The van der Waals surface area contributed by atoms with E-state index >= 15 is 0 Å². The third kappa shape index (κ3) is 5.17. The second kappa shape index (κ2) is 9.94. The summed E-state index contributed by atoms with van der Waals surface area (Å²) < 4.78 is 11.6. The average Bonchev–Trinajstić information content (AvgIpc) is 3.05. The van der Waals surface area contributed by atoms with Gasteiger partial charge in [-0.1, -0.05) is 30.3 Å². The minimum absolute atomic E-state index is 0.0822. The second-order valence-electron chi connectivity index (χ2n) is 7.15. The number of aromatic nitrogens is 2. The number of nitrogens with zero attached hydrogens (tertiary/aromatic N) is 3. The Balaban J connectivity index is 1.83. The van der Waals surface area contributed by atoms with Crippen LogP contribution in [0.1, 0.15) is 29.9 Å². The average molecular weight is 457 g/mol. The topological polar surface area (TPSA) is 155 Å². The molecule has 0 bridgehead atoms. The summed E-state index contributed by atoms with van der Waals surface area (Å²) in [6, 6.07) is 7.44. The van der Waals surface area contributed by atoms with Gasteiger partial charge in [0.25, 0.3) is 0 Å². The first-order valence-electron chi connectivity index (χ1n) is 10.1. The van der Waals surface area contributed by atoms with Crippen molar-refractivity contribution in [3.8, 4) is 0 Å². The SMILES string of the molecule is CCOC(=O)C1=C(COC(=O)Cn2nc(C)c([N+](=O)[O-])c2C)NC(=O)NC1c1ccccc1. The summed E-state index contributed by atoms with van der Waals surface area (Å²) >= 11 is 0. The number of carbonyl (C=O) groups is 3. The van der Waals surface area contributed by atoms with Crippen LogP contribution in [-0.2, 0) is 25.6 Å². The number of amides is 2. The zero-order chi connectivity index (χ0) is 24.1. The van der Waals surface area contributed by atoms with Crippen LogP contribution >= 0.6 is 0 Å². The van der Waals surface area contributed by atoms with Crippen LogP contribution < -0.4 is 10.6 Å². The van der Waals surface area contributed by atoms with Crippen LogP contribution in [0.25, 0.3) is 0 Å². The van der Waals surface area contributed by atoms with Crippen molar-refractivity contribution in [2.75, 3.05) is 13.2 Å². The molecule has 1 aromatic heterocycles. The molecular formula is C21H23N5O7. The first-order valence-corrected chi connectivity index (χ1v) is 10.1. The number of ether oxygens (including phenoxy) is 2. The zero-order valence-corrected chi connectivity index (χ0v) is 18.3. The molecule has 0 fully saturated rings. The molecular weight excluding hydrogens is 434 g/mol. The molecule has 0 saturated heterocycles. The van der Waals surface area contributed by atoms with E-state index < -0.39 is 35.5 Å². The van der Waals surface area contributed by atoms with Gasteiger partial charge >= 0.3 is 23.7 Å². The molecule has 0 saturated carbocycles. The maximum atomic E-state index is 12.7. The highest BCUT2D eigenvalue weighted by Gasteiger charge is 2.34. The maximum absolute atomic E-state index is 12.7. The lowest BCUT2D eigenvalue weighted by atomic mass is 9.95. The van der Waals surface area contributed by atoms with Crippen LogP contribution in [-0.4, -0.2) is 45.9 Å². The molecule has 2 N–H and O–H groups in total. The molecule has 0 aliphatic carbocycles. The van der Waals surface area contributed by atoms with E-state index in [2.05, 4.69) is 15.7 Å². The predicted molar refractivity (Wildman–Crippen MR) is 114 cm³/mol. The molecule has 1 aromatic carbocycles. The summed E-state index contributed by atoms with van der Waals surface area (Å²) in [5.74, 6) is -1.42. The van der Waals surface area contributed by atoms with Crippen LogP contribution in [0.3, 0.4) is 0 Å². The molecule has 2 heterocycles. The zero-order valence-electron chi connectivity index (χ0n) is 18.3. The van der Waals surface area contributed by atoms with Crippen LogP contribution in [0, 0.1) is 24.0 Å². The Morgan fingerprint density at radius 3 is 2.52 bits per heavy atom. The van der Waals surface area contributed by atoms with Gasteiger partial charge in [0.05, 0.1) is 28.8 Å². The molecule has 12 nitrogen and oxygen atoms in total. The standard InChI is InChI=1S/C21H23N5O7/c1-4-32-20(28)17-15(22-21(29)23-18(17)14-8-6-5-7-9-14)11-33-16(27)10-25-13(3)19(26(30)31)12(2)24-25/h5-9,18H,4,10-11H2,1-3H3,(H2,22,23,29). The van der Waals surface area contributed by atoms with Gasteiger partial charge in [-0.15, -0.1) is 0 Å². The Morgan fingerprint density at radius 2 is 1.91 bits per heavy atom. The summed E-state index contributed by atoms with van der Waals surface area (Å²) in [5.41, 5.74) is 1.05. The van der Waals surface area contributed by atoms with E-state index in [-0.39, 0.29) is 41.5 Å². The molecule has 1 aliphatic heterocycles. The van der Waals surface area contributed by atoms with Gasteiger partial charge in [-0.3, -0.25) is 19.6 Å². The van der Waals surface area contributed by atoms with Gasteiger partial charge in [0.2, 0.25) is 0 Å². The third-order valence-corrected chi connectivity index (χ3v) is 4.96. The molecule has 0 spiro atoms. The van der Waals surface area contributed by atoms with Gasteiger partial charge in [-0.05, 0) is 26.3 Å². The monoisotopic (exact) mass is 457 g/mol. The number of nitrogens with one attached hydrogen (secondary N) is 2. The Hall–Kier alpha value is -4.22. The van der Waals surface area contributed by atoms with E-state index in [9.17, 15) is 24.5 Å². The molecule has 2 amide bonds. The van der Waals surface area contributed by atoms with Crippen molar-refractivity contribution in [1.29, 1.82) is 0 Å². The summed E-state index contributed by atoms with van der Waals surface area (Å²) in [6.07, 6.45) is 0. The van der Waals surface area contributed by atoms with Crippen molar-refractivity contribution < 1.29 is 28.8 Å². The van der Waals surface area contributed by atoms with E-state index in [4.69, 9.17) is 9.47 Å². The van der Waals surface area contributed by atoms with Crippen molar-refractivity contribution in [2.45, 2.75) is 33.4 Å². The van der Waals surface area contributed by atoms with E-state index in [1.165, 1.54) is 18.5 Å². The molecule has 1 aliphatic rings. The number of rotatable bonds is 8. The number of nitro groups is 1. The van der Waals surface area contributed by atoms with Gasteiger partial charge in [0, 0.05) is 0 Å². The number of urea groups is 1. The summed E-state index contributed by atoms with van der Waals surface area (Å²) in [5, 5.41) is 20.3. The first kappa shape index (κ1) is 23.4. The predicted octanol–water partition coefficient (Wildman–Crippen LogP) is 1.82. The van der Waals surface area contributed by atoms with Gasteiger partial charge in [0.15, 0.2) is 0 Å². The minimum Gasteiger partial charge on any atom is -0.463 e. The Morgan fingerprint density at radius 1 is 1.21 bits per heavy atom. The lowest BCUT2D eigenvalue weighted by molar-refractivity contribution is -0.386. The van der Waals surface area contributed by atoms with Crippen molar-refractivity contribution in [1.82, 2.24) is 20.4 Å². The third-order valence-electron chi connectivity index (χ3n) is 4.96. The van der Waals surface area contributed by atoms with Crippen LogP contribution in [0.4, 0.5) is 10.5 Å². The Labute approximate surface area is 188 Å². The smallest absolute Gasteiger partial charge is 0.338 e. The quantitative estimate of drug-likeness (QED) is 0.346. The van der Waals surface area contributed by atoms with Crippen LogP contribution in [0.2, 0.25) is 0 Å². The molecule has 1 unspecified atom stereocenters. The molecule has 33 heavy (non-hydrogen) atoms. The van der Waals surface area contributed by atoms with Crippen molar-refractivity contribution >= 4 is 23.7 Å². The number of hydrogen-bond acceptors (Lipinski definition) is 8. The number of hydrogen-bond donors (Lipinski definition) is 2. The van der Waals surface area contributed by atoms with Gasteiger partial charge in [0.1, 0.15) is 24.5 Å². The van der Waals surface area contributed by atoms with Gasteiger partial charge in [-0.2, -0.15) is 5.10 Å². The number of esters is 2. The van der Waals surface area contributed by atoms with Crippen LogP contribution in [0.5, 0.6) is 0 Å². The number of benzene rings is 1. The normalized spacial score (nSPS) is 15.5. The van der Waals surface area contributed by atoms with Gasteiger partial charge < -0.3 is 20.1 Å². The molecule has 3 rings (SSSR count). The molecule has 174 valence electrons. The summed E-state index contributed by atoms with van der Waals surface area (Å²) in [6.45, 7) is 3.92. The minimum atomic E-state index is -0.800. The fraction of sp³-hybridized carbons (Fsp3) is 0.333. The molecule has 2 aromatic rings. The maximum Gasteiger partial charge on any atom is 0.338 e. The lowest BCUT2D eigenvalue weighted by Gasteiger charge is -2.29. The Kier molecular flexibility index (Phi) is 7.06. The first-order chi connectivity index (χ1) is 15.7.